The average molecular weight is 537 g/mol. The van der Waals surface area contributed by atoms with E-state index in [4.69, 9.17) is 4.84 Å². The van der Waals surface area contributed by atoms with Gasteiger partial charge in [0, 0.05) is 19.0 Å². The number of carbonyl (C=O) groups is 2. The van der Waals surface area contributed by atoms with Gasteiger partial charge in [-0.05, 0) is 48.1 Å². The van der Waals surface area contributed by atoms with Crippen LogP contribution in [0.1, 0.15) is 131 Å². The van der Waals surface area contributed by atoms with Crippen LogP contribution in [-0.2, 0) is 29.1 Å². The second kappa shape index (κ2) is 20.3. The number of unbranched alkanes of at least 4 members (excludes halogenated alkanes) is 11. The lowest BCUT2D eigenvalue weighted by Gasteiger charge is -2.21. The molecule has 0 spiro atoms. The van der Waals surface area contributed by atoms with E-state index in [0.717, 1.165) is 24.0 Å². The molecule has 0 atom stereocenters. The SMILES string of the molecule is CCCCCCCCCCCCNC(=O)c1ccc(CN(Cc2ccc(CCCCC)cc2)OC(C)=O)cc1. The fraction of sp³-hybridized carbons (Fsp3) is 0.588. The minimum atomic E-state index is -0.339. The second-order valence-electron chi connectivity index (χ2n) is 10.8. The highest BCUT2D eigenvalue weighted by Gasteiger charge is 2.12. The van der Waals surface area contributed by atoms with Gasteiger partial charge in [-0.1, -0.05) is 121 Å². The fourth-order valence-corrected chi connectivity index (χ4v) is 4.78. The summed E-state index contributed by atoms with van der Waals surface area (Å²) in [4.78, 5) is 29.7. The summed E-state index contributed by atoms with van der Waals surface area (Å²) in [5.74, 6) is -0.373. The Labute approximate surface area is 237 Å². The molecule has 0 aromatic heterocycles. The zero-order valence-corrected chi connectivity index (χ0v) is 24.8. The Bertz CT molecular complexity index is 924. The standard InChI is InChI=1S/C34H52N2O3/c1-4-6-8-9-10-11-12-13-14-16-26-35-34(38)33-24-22-32(23-25-33)28-36(39-29(3)37)27-31-20-18-30(19-21-31)17-15-7-5-2/h18-25H,4-17,26-28H2,1-3H3,(H,35,38). The van der Waals surface area contributed by atoms with Crippen molar-refractivity contribution >= 4 is 11.9 Å². The first-order valence-electron chi connectivity index (χ1n) is 15.4. The van der Waals surface area contributed by atoms with Gasteiger partial charge in [-0.2, -0.15) is 0 Å². The van der Waals surface area contributed by atoms with Crippen molar-refractivity contribution in [1.29, 1.82) is 0 Å². The summed E-state index contributed by atoms with van der Waals surface area (Å²) >= 11 is 0. The summed E-state index contributed by atoms with van der Waals surface area (Å²) in [7, 11) is 0. The van der Waals surface area contributed by atoms with Crippen LogP contribution in [0.15, 0.2) is 48.5 Å². The largest absolute Gasteiger partial charge is 0.368 e. The number of nitrogens with zero attached hydrogens (tertiary/aromatic N) is 1. The van der Waals surface area contributed by atoms with E-state index in [-0.39, 0.29) is 11.9 Å². The fourth-order valence-electron chi connectivity index (χ4n) is 4.78. The van der Waals surface area contributed by atoms with Gasteiger partial charge < -0.3 is 10.2 Å². The van der Waals surface area contributed by atoms with Crippen molar-refractivity contribution in [3.63, 3.8) is 0 Å². The van der Waals surface area contributed by atoms with Gasteiger partial charge in [-0.25, -0.2) is 0 Å². The van der Waals surface area contributed by atoms with Crippen LogP contribution in [0.3, 0.4) is 0 Å². The minimum absolute atomic E-state index is 0.0339. The molecule has 2 rings (SSSR count). The second-order valence-corrected chi connectivity index (χ2v) is 10.8. The molecule has 39 heavy (non-hydrogen) atoms. The Morgan fingerprint density at radius 1 is 0.641 bits per heavy atom. The van der Waals surface area contributed by atoms with Gasteiger partial charge in [0.15, 0.2) is 0 Å². The van der Waals surface area contributed by atoms with Crippen molar-refractivity contribution in [2.24, 2.45) is 0 Å². The molecule has 0 radical (unpaired) electrons. The average Bonchev–Trinajstić information content (AvgIpc) is 2.93. The summed E-state index contributed by atoms with van der Waals surface area (Å²) in [6.07, 6.45) is 17.6. The predicted molar refractivity (Wildman–Crippen MR) is 161 cm³/mol. The summed E-state index contributed by atoms with van der Waals surface area (Å²) in [5.41, 5.74) is 4.08. The third kappa shape index (κ3) is 14.9. The van der Waals surface area contributed by atoms with E-state index < -0.39 is 0 Å². The van der Waals surface area contributed by atoms with E-state index in [9.17, 15) is 9.59 Å². The number of nitrogens with one attached hydrogen (secondary N) is 1. The summed E-state index contributed by atoms with van der Waals surface area (Å²) in [6.45, 7) is 7.58. The third-order valence-electron chi connectivity index (χ3n) is 7.10. The van der Waals surface area contributed by atoms with Crippen molar-refractivity contribution in [2.45, 2.75) is 124 Å². The first-order valence-corrected chi connectivity index (χ1v) is 15.4. The van der Waals surface area contributed by atoms with Gasteiger partial charge in [-0.3, -0.25) is 9.59 Å². The van der Waals surface area contributed by atoms with Crippen LogP contribution in [0, 0.1) is 0 Å². The smallest absolute Gasteiger partial charge is 0.322 e. The minimum Gasteiger partial charge on any atom is -0.368 e. The predicted octanol–water partition coefficient (Wildman–Crippen LogP) is 8.55. The maximum absolute atomic E-state index is 12.5. The Balaban J connectivity index is 1.73. The number of benzene rings is 2. The van der Waals surface area contributed by atoms with Gasteiger partial charge in [0.1, 0.15) is 0 Å². The molecule has 216 valence electrons. The monoisotopic (exact) mass is 536 g/mol. The van der Waals surface area contributed by atoms with E-state index in [1.54, 1.807) is 5.06 Å². The van der Waals surface area contributed by atoms with Gasteiger partial charge >= 0.3 is 5.97 Å². The number of hydrogen-bond acceptors (Lipinski definition) is 4. The lowest BCUT2D eigenvalue weighted by Crippen LogP contribution is -2.26. The molecular weight excluding hydrogens is 484 g/mol. The quantitative estimate of drug-likeness (QED) is 0.128. The third-order valence-corrected chi connectivity index (χ3v) is 7.10. The van der Waals surface area contributed by atoms with Crippen LogP contribution in [0.25, 0.3) is 0 Å². The van der Waals surface area contributed by atoms with Crippen LogP contribution in [0.5, 0.6) is 0 Å². The molecule has 0 aliphatic carbocycles. The van der Waals surface area contributed by atoms with Crippen molar-refractivity contribution in [3.05, 3.63) is 70.8 Å². The number of amides is 1. The molecular formula is C34H52N2O3. The Morgan fingerprint density at radius 3 is 1.64 bits per heavy atom. The zero-order valence-electron chi connectivity index (χ0n) is 24.8. The lowest BCUT2D eigenvalue weighted by atomic mass is 10.1. The molecule has 5 heteroatoms. The van der Waals surface area contributed by atoms with E-state index in [1.807, 2.05) is 24.3 Å². The van der Waals surface area contributed by atoms with Gasteiger partial charge in [0.05, 0.1) is 13.1 Å². The topological polar surface area (TPSA) is 58.6 Å². The molecule has 0 aliphatic rings. The highest BCUT2D eigenvalue weighted by atomic mass is 16.7. The van der Waals surface area contributed by atoms with Crippen molar-refractivity contribution < 1.29 is 14.4 Å². The van der Waals surface area contributed by atoms with E-state index >= 15 is 0 Å². The molecule has 0 heterocycles. The van der Waals surface area contributed by atoms with Crippen molar-refractivity contribution in [2.75, 3.05) is 6.54 Å². The Morgan fingerprint density at radius 2 is 1.10 bits per heavy atom. The van der Waals surface area contributed by atoms with Crippen molar-refractivity contribution in [3.8, 4) is 0 Å². The van der Waals surface area contributed by atoms with Crippen LogP contribution in [0.4, 0.5) is 0 Å². The normalized spacial score (nSPS) is 11.1. The van der Waals surface area contributed by atoms with Crippen molar-refractivity contribution in [1.82, 2.24) is 10.4 Å². The van der Waals surface area contributed by atoms with Crippen LogP contribution in [-0.4, -0.2) is 23.5 Å². The number of rotatable bonds is 21. The van der Waals surface area contributed by atoms with Gasteiger partial charge in [-0.15, -0.1) is 5.06 Å². The molecule has 1 N–H and O–H groups in total. The highest BCUT2D eigenvalue weighted by molar-refractivity contribution is 5.94. The molecule has 0 bridgehead atoms. The number of hydrogen-bond donors (Lipinski definition) is 1. The van der Waals surface area contributed by atoms with E-state index in [1.165, 1.54) is 89.5 Å². The number of carbonyl (C=O) groups excluding carboxylic acids is 2. The lowest BCUT2D eigenvalue weighted by molar-refractivity contribution is -0.194. The van der Waals surface area contributed by atoms with Gasteiger partial charge in [0.2, 0.25) is 0 Å². The molecule has 0 saturated carbocycles. The Kier molecular flexibility index (Phi) is 16.9. The molecule has 0 aliphatic heterocycles. The Hall–Kier alpha value is -2.66. The molecule has 1 amide bonds. The first kappa shape index (κ1) is 32.6. The van der Waals surface area contributed by atoms with E-state index in [2.05, 4.69) is 43.4 Å². The summed E-state index contributed by atoms with van der Waals surface area (Å²) in [6, 6.07) is 16.1. The summed E-state index contributed by atoms with van der Waals surface area (Å²) in [5, 5.41) is 4.72. The number of aryl methyl sites for hydroxylation is 1. The van der Waals surface area contributed by atoms with Crippen LogP contribution in [0.2, 0.25) is 0 Å². The maximum atomic E-state index is 12.5. The summed E-state index contributed by atoms with van der Waals surface area (Å²) < 4.78 is 0. The highest BCUT2D eigenvalue weighted by Crippen LogP contribution is 2.15. The molecule has 5 nitrogen and oxygen atoms in total. The van der Waals surface area contributed by atoms with Crippen LogP contribution >= 0.6 is 0 Å². The molecule has 2 aromatic carbocycles. The van der Waals surface area contributed by atoms with E-state index in [0.29, 0.717) is 25.2 Å². The van der Waals surface area contributed by atoms with Crippen LogP contribution < -0.4 is 5.32 Å². The molecule has 0 saturated heterocycles. The maximum Gasteiger partial charge on any atom is 0.322 e. The van der Waals surface area contributed by atoms with Gasteiger partial charge in [0.25, 0.3) is 5.91 Å². The molecule has 2 aromatic rings. The molecule has 0 fully saturated rings. The zero-order chi connectivity index (χ0) is 28.1. The number of hydroxylamine groups is 2. The molecule has 0 unspecified atom stereocenters. The first-order chi connectivity index (χ1) is 19.0.